The van der Waals surface area contributed by atoms with E-state index in [2.05, 4.69) is 39.7 Å². The normalized spacial score (nSPS) is 11.3. The van der Waals surface area contributed by atoms with E-state index in [9.17, 15) is 0 Å². The van der Waals surface area contributed by atoms with Crippen LogP contribution < -0.4 is 0 Å². The smallest absolute Gasteiger partial charge is 0.106 e. The Labute approximate surface area is 127 Å². The second-order valence-corrected chi connectivity index (χ2v) is 5.98. The summed E-state index contributed by atoms with van der Waals surface area (Å²) in [6, 6.07) is 8.28. The van der Waals surface area contributed by atoms with Crippen molar-refractivity contribution < 1.29 is 0 Å². The Kier molecular flexibility index (Phi) is 4.03. The van der Waals surface area contributed by atoms with Crippen molar-refractivity contribution >= 4 is 34.0 Å². The van der Waals surface area contributed by atoms with Crippen LogP contribution in [0.15, 0.2) is 29.6 Å². The van der Waals surface area contributed by atoms with Crippen molar-refractivity contribution in [3.05, 3.63) is 46.2 Å². The van der Waals surface area contributed by atoms with Crippen LogP contribution in [0.5, 0.6) is 0 Å². The van der Waals surface area contributed by atoms with Crippen LogP contribution in [-0.2, 0) is 18.8 Å². The van der Waals surface area contributed by atoms with E-state index in [1.54, 1.807) is 11.3 Å². The molecule has 0 bridgehead atoms. The van der Waals surface area contributed by atoms with Gasteiger partial charge in [-0.3, -0.25) is 0 Å². The van der Waals surface area contributed by atoms with Crippen LogP contribution in [0.3, 0.4) is 0 Å². The third kappa shape index (κ3) is 2.72. The van der Waals surface area contributed by atoms with E-state index in [1.165, 1.54) is 10.5 Å². The number of fused-ring (bicyclic) bond motifs is 1. The van der Waals surface area contributed by atoms with Crippen LogP contribution in [-0.4, -0.2) is 14.5 Å². The highest BCUT2D eigenvalue weighted by Gasteiger charge is 2.07. The van der Waals surface area contributed by atoms with Crippen LogP contribution in [0.25, 0.3) is 11.0 Å². The number of halogens is 1. The van der Waals surface area contributed by atoms with Crippen molar-refractivity contribution in [2.45, 2.75) is 32.2 Å². The van der Waals surface area contributed by atoms with Crippen LogP contribution >= 0.6 is 22.9 Å². The number of nitrogens with zero attached hydrogens (tertiary/aromatic N) is 3. The maximum absolute atomic E-state index is 5.77. The van der Waals surface area contributed by atoms with Crippen molar-refractivity contribution in [1.82, 2.24) is 14.5 Å². The van der Waals surface area contributed by atoms with E-state index in [1.807, 2.05) is 11.4 Å². The van der Waals surface area contributed by atoms with Gasteiger partial charge in [0.05, 0.1) is 27.6 Å². The van der Waals surface area contributed by atoms with E-state index in [0.29, 0.717) is 5.88 Å². The lowest BCUT2D eigenvalue weighted by atomic mass is 10.3. The second kappa shape index (κ2) is 5.94. The largest absolute Gasteiger partial charge is 0.328 e. The monoisotopic (exact) mass is 305 g/mol. The summed E-state index contributed by atoms with van der Waals surface area (Å²) in [5.41, 5.74) is 3.27. The zero-order valence-corrected chi connectivity index (χ0v) is 12.9. The summed E-state index contributed by atoms with van der Waals surface area (Å²) in [6.45, 7) is 3.04. The topological polar surface area (TPSA) is 30.7 Å². The number of alkyl halides is 1. The molecule has 5 heteroatoms. The Morgan fingerprint density at radius 3 is 2.90 bits per heavy atom. The number of thiazole rings is 1. The van der Waals surface area contributed by atoms with Gasteiger partial charge in [0, 0.05) is 18.3 Å². The lowest BCUT2D eigenvalue weighted by Crippen LogP contribution is -2.01. The van der Waals surface area contributed by atoms with Crippen molar-refractivity contribution in [3.8, 4) is 0 Å². The highest BCUT2D eigenvalue weighted by atomic mass is 35.5. The first kappa shape index (κ1) is 13.6. The quantitative estimate of drug-likeness (QED) is 0.662. The Balaban J connectivity index is 1.69. The highest BCUT2D eigenvalue weighted by Crippen LogP contribution is 2.18. The third-order valence-electron chi connectivity index (χ3n) is 3.35. The molecule has 0 radical (unpaired) electrons. The van der Waals surface area contributed by atoms with Gasteiger partial charge in [-0.2, -0.15) is 0 Å². The molecule has 20 heavy (non-hydrogen) atoms. The zero-order chi connectivity index (χ0) is 13.9. The summed E-state index contributed by atoms with van der Waals surface area (Å²) in [5.74, 6) is 1.58. The molecule has 0 N–H and O–H groups in total. The Morgan fingerprint density at radius 1 is 1.25 bits per heavy atom. The summed E-state index contributed by atoms with van der Waals surface area (Å²) in [7, 11) is 0. The minimum Gasteiger partial charge on any atom is -0.328 e. The predicted molar refractivity (Wildman–Crippen MR) is 84.5 cm³/mol. The molecule has 0 aliphatic heterocycles. The molecule has 0 saturated carbocycles. The number of aromatic nitrogens is 3. The lowest BCUT2D eigenvalue weighted by Gasteiger charge is -2.05. The summed E-state index contributed by atoms with van der Waals surface area (Å²) < 4.78 is 2.28. The molecule has 0 aliphatic rings. The fourth-order valence-electron chi connectivity index (χ4n) is 2.39. The number of imidazole rings is 1. The average Bonchev–Trinajstić information content (AvgIpc) is 3.04. The van der Waals surface area contributed by atoms with Gasteiger partial charge in [-0.1, -0.05) is 12.1 Å². The molecule has 3 nitrogen and oxygen atoms in total. The van der Waals surface area contributed by atoms with Gasteiger partial charge < -0.3 is 4.57 Å². The van der Waals surface area contributed by atoms with Gasteiger partial charge >= 0.3 is 0 Å². The first-order valence-electron chi connectivity index (χ1n) is 6.69. The summed E-state index contributed by atoms with van der Waals surface area (Å²) in [6.07, 6.45) is 2.06. The number of para-hydroxylation sites is 2. The molecule has 0 fully saturated rings. The molecule has 0 amide bonds. The van der Waals surface area contributed by atoms with E-state index in [4.69, 9.17) is 11.6 Å². The molecule has 1 aromatic carbocycles. The maximum Gasteiger partial charge on any atom is 0.106 e. The molecular formula is C15H16ClN3S. The van der Waals surface area contributed by atoms with E-state index in [-0.39, 0.29) is 0 Å². The Morgan fingerprint density at radius 2 is 2.10 bits per heavy atom. The molecule has 0 saturated heterocycles. The van der Waals surface area contributed by atoms with Gasteiger partial charge in [-0.15, -0.1) is 22.9 Å². The van der Waals surface area contributed by atoms with Gasteiger partial charge in [0.15, 0.2) is 0 Å². The fourth-order valence-corrected chi connectivity index (χ4v) is 3.46. The van der Waals surface area contributed by atoms with E-state index >= 15 is 0 Å². The average molecular weight is 306 g/mol. The standard InChI is InChI=1S/C15H16ClN3S/c1-11-17-13-5-2-3-6-14(13)19(11)8-4-7-15-18-12(9-16)10-20-15/h2-3,5-6,10H,4,7-9H2,1H3. The van der Waals surface area contributed by atoms with E-state index in [0.717, 1.165) is 36.4 Å². The Hall–Kier alpha value is -1.39. The minimum absolute atomic E-state index is 0.502. The maximum atomic E-state index is 5.77. The summed E-state index contributed by atoms with van der Waals surface area (Å²) >= 11 is 7.47. The Bertz CT molecular complexity index is 717. The van der Waals surface area contributed by atoms with Crippen molar-refractivity contribution in [2.24, 2.45) is 0 Å². The van der Waals surface area contributed by atoms with Crippen LogP contribution in [0.2, 0.25) is 0 Å². The highest BCUT2D eigenvalue weighted by molar-refractivity contribution is 7.09. The van der Waals surface area contributed by atoms with Gasteiger partial charge in [0.2, 0.25) is 0 Å². The molecule has 0 spiro atoms. The van der Waals surface area contributed by atoms with E-state index < -0.39 is 0 Å². The molecule has 104 valence electrons. The number of aryl methyl sites for hydroxylation is 3. The van der Waals surface area contributed by atoms with Gasteiger partial charge in [0.1, 0.15) is 5.82 Å². The first-order chi connectivity index (χ1) is 9.78. The first-order valence-corrected chi connectivity index (χ1v) is 8.10. The molecule has 0 atom stereocenters. The number of hydrogen-bond acceptors (Lipinski definition) is 3. The molecule has 0 aliphatic carbocycles. The molecule has 3 rings (SSSR count). The van der Waals surface area contributed by atoms with Crippen LogP contribution in [0.1, 0.15) is 22.9 Å². The number of hydrogen-bond donors (Lipinski definition) is 0. The van der Waals surface area contributed by atoms with Gasteiger partial charge in [-0.05, 0) is 25.5 Å². The number of benzene rings is 1. The van der Waals surface area contributed by atoms with Crippen molar-refractivity contribution in [2.75, 3.05) is 0 Å². The lowest BCUT2D eigenvalue weighted by molar-refractivity contribution is 0.639. The minimum atomic E-state index is 0.502. The van der Waals surface area contributed by atoms with Crippen LogP contribution in [0.4, 0.5) is 0 Å². The molecular weight excluding hydrogens is 290 g/mol. The van der Waals surface area contributed by atoms with Crippen molar-refractivity contribution in [1.29, 1.82) is 0 Å². The molecule has 2 heterocycles. The summed E-state index contributed by atoms with van der Waals surface area (Å²) in [4.78, 5) is 9.08. The van der Waals surface area contributed by atoms with Gasteiger partial charge in [0.25, 0.3) is 0 Å². The predicted octanol–water partition coefficient (Wildman–Crippen LogP) is 4.17. The third-order valence-corrected chi connectivity index (χ3v) is 4.59. The van der Waals surface area contributed by atoms with Gasteiger partial charge in [-0.25, -0.2) is 9.97 Å². The molecule has 2 aromatic heterocycles. The second-order valence-electron chi connectivity index (χ2n) is 4.77. The van der Waals surface area contributed by atoms with Crippen LogP contribution in [0, 0.1) is 6.92 Å². The summed E-state index contributed by atoms with van der Waals surface area (Å²) in [5, 5.41) is 3.21. The number of rotatable bonds is 5. The fraction of sp³-hybridized carbons (Fsp3) is 0.333. The molecule has 0 unspecified atom stereocenters. The SMILES string of the molecule is Cc1nc2ccccc2n1CCCc1nc(CCl)cs1. The molecule has 3 aromatic rings. The zero-order valence-electron chi connectivity index (χ0n) is 11.3. The van der Waals surface area contributed by atoms with Crippen molar-refractivity contribution in [3.63, 3.8) is 0 Å².